The van der Waals surface area contributed by atoms with Gasteiger partial charge in [0.15, 0.2) is 0 Å². The molecule has 3 rings (SSSR count). The van der Waals surface area contributed by atoms with Crippen LogP contribution in [0.15, 0.2) is 30.3 Å². The fraction of sp³-hybridized carbons (Fsp3) is 0.455. The van der Waals surface area contributed by atoms with Gasteiger partial charge in [-0.1, -0.05) is 19.4 Å². The molecule has 1 aromatic heterocycles. The minimum atomic E-state index is 0. The lowest BCUT2D eigenvalue weighted by Gasteiger charge is -2.34. The minimum absolute atomic E-state index is 0. The number of carbonyl (C=O) groups excluding carboxylic acids is 1. The number of nitrogens with one attached hydrogen (secondary N) is 2. The topological polar surface area (TPSA) is 93.9 Å². The SMILES string of the molecule is CCCCc1cc(N2CCCC(NC(C)=O)C2)nc(Nc2cccc(C#N)c2)n1.Cl. The summed E-state index contributed by atoms with van der Waals surface area (Å²) in [4.78, 5) is 23.1. The molecule has 8 heteroatoms. The summed E-state index contributed by atoms with van der Waals surface area (Å²) in [5, 5.41) is 15.4. The van der Waals surface area contributed by atoms with E-state index in [0.717, 1.165) is 62.4 Å². The molecule has 1 aliphatic rings. The fourth-order valence-corrected chi connectivity index (χ4v) is 3.57. The fourth-order valence-electron chi connectivity index (χ4n) is 3.57. The molecule has 2 N–H and O–H groups in total. The van der Waals surface area contributed by atoms with E-state index in [1.807, 2.05) is 12.1 Å². The van der Waals surface area contributed by atoms with Crippen molar-refractivity contribution in [1.29, 1.82) is 5.26 Å². The van der Waals surface area contributed by atoms with Crippen LogP contribution < -0.4 is 15.5 Å². The van der Waals surface area contributed by atoms with E-state index in [-0.39, 0.29) is 24.4 Å². The molecule has 1 saturated heterocycles. The monoisotopic (exact) mass is 428 g/mol. The average molecular weight is 429 g/mol. The molecule has 1 atom stereocenters. The number of piperidine rings is 1. The first-order valence-electron chi connectivity index (χ1n) is 10.2. The molecule has 1 aromatic carbocycles. The van der Waals surface area contributed by atoms with Crippen LogP contribution in [-0.2, 0) is 11.2 Å². The molecular formula is C22H29ClN6O. The Kier molecular flexibility index (Phi) is 8.88. The van der Waals surface area contributed by atoms with E-state index in [1.165, 1.54) is 0 Å². The van der Waals surface area contributed by atoms with Gasteiger partial charge >= 0.3 is 0 Å². The lowest BCUT2D eigenvalue weighted by Crippen LogP contribution is -2.47. The summed E-state index contributed by atoms with van der Waals surface area (Å²) in [5.41, 5.74) is 2.38. The van der Waals surface area contributed by atoms with Gasteiger partial charge < -0.3 is 15.5 Å². The van der Waals surface area contributed by atoms with Gasteiger partial charge in [-0.15, -0.1) is 12.4 Å². The number of nitriles is 1. The summed E-state index contributed by atoms with van der Waals surface area (Å²) in [6.07, 6.45) is 5.04. The first kappa shape index (κ1) is 23.4. The molecule has 7 nitrogen and oxygen atoms in total. The number of nitrogens with zero attached hydrogens (tertiary/aromatic N) is 4. The number of aromatic nitrogens is 2. The number of aryl methyl sites for hydroxylation is 1. The molecule has 2 heterocycles. The molecule has 2 aromatic rings. The van der Waals surface area contributed by atoms with Gasteiger partial charge in [0.25, 0.3) is 0 Å². The largest absolute Gasteiger partial charge is 0.354 e. The third-order valence-corrected chi connectivity index (χ3v) is 4.95. The summed E-state index contributed by atoms with van der Waals surface area (Å²) in [6, 6.07) is 11.6. The van der Waals surface area contributed by atoms with Crippen LogP contribution in [0.4, 0.5) is 17.5 Å². The third-order valence-electron chi connectivity index (χ3n) is 4.95. The van der Waals surface area contributed by atoms with Crippen molar-refractivity contribution in [3.8, 4) is 6.07 Å². The Labute approximate surface area is 184 Å². The highest BCUT2D eigenvalue weighted by atomic mass is 35.5. The van der Waals surface area contributed by atoms with E-state index in [2.05, 4.69) is 39.6 Å². The number of hydrogen-bond donors (Lipinski definition) is 2. The zero-order valence-corrected chi connectivity index (χ0v) is 18.3. The van der Waals surface area contributed by atoms with Crippen LogP contribution in [0.1, 0.15) is 50.8 Å². The molecule has 1 unspecified atom stereocenters. The molecule has 1 aliphatic heterocycles. The molecule has 0 spiro atoms. The van der Waals surface area contributed by atoms with Crippen molar-refractivity contribution in [1.82, 2.24) is 15.3 Å². The maximum Gasteiger partial charge on any atom is 0.229 e. The van der Waals surface area contributed by atoms with Gasteiger partial charge in [-0.3, -0.25) is 4.79 Å². The summed E-state index contributed by atoms with van der Waals surface area (Å²) in [5.74, 6) is 1.41. The number of anilines is 3. The number of carbonyl (C=O) groups is 1. The minimum Gasteiger partial charge on any atom is -0.354 e. The number of halogens is 1. The summed E-state index contributed by atoms with van der Waals surface area (Å²) < 4.78 is 0. The number of amides is 1. The maximum atomic E-state index is 11.4. The van der Waals surface area contributed by atoms with E-state index in [0.29, 0.717) is 11.5 Å². The van der Waals surface area contributed by atoms with E-state index in [9.17, 15) is 4.79 Å². The highest BCUT2D eigenvalue weighted by molar-refractivity contribution is 5.85. The zero-order chi connectivity index (χ0) is 20.6. The Hall–Kier alpha value is -2.85. The highest BCUT2D eigenvalue weighted by Crippen LogP contribution is 2.23. The van der Waals surface area contributed by atoms with Crippen LogP contribution >= 0.6 is 12.4 Å². The van der Waals surface area contributed by atoms with Crippen LogP contribution in [0.5, 0.6) is 0 Å². The lowest BCUT2D eigenvalue weighted by molar-refractivity contribution is -0.119. The van der Waals surface area contributed by atoms with Crippen LogP contribution in [-0.4, -0.2) is 35.0 Å². The van der Waals surface area contributed by atoms with Gasteiger partial charge in [0, 0.05) is 43.5 Å². The third kappa shape index (κ3) is 6.60. The van der Waals surface area contributed by atoms with Crippen molar-refractivity contribution in [3.63, 3.8) is 0 Å². The standard InChI is InChI=1S/C22H28N6O.ClH/c1-3-4-8-19-13-21(28-11-6-10-20(15-28)24-16(2)29)27-22(26-19)25-18-9-5-7-17(12-18)14-23;/h5,7,9,12-13,20H,3-4,6,8,10-11,15H2,1-2H3,(H,24,29)(H,25,26,27);1H. The number of rotatable bonds is 7. The smallest absolute Gasteiger partial charge is 0.229 e. The predicted octanol–water partition coefficient (Wildman–Crippen LogP) is 3.96. The molecule has 30 heavy (non-hydrogen) atoms. The van der Waals surface area contributed by atoms with E-state index in [4.69, 9.17) is 10.2 Å². The van der Waals surface area contributed by atoms with Crippen LogP contribution in [0.3, 0.4) is 0 Å². The normalized spacial score (nSPS) is 15.6. The number of benzene rings is 1. The lowest BCUT2D eigenvalue weighted by atomic mass is 10.1. The van der Waals surface area contributed by atoms with Crippen molar-refractivity contribution in [2.24, 2.45) is 0 Å². The second-order valence-corrected chi connectivity index (χ2v) is 7.45. The molecule has 160 valence electrons. The molecular weight excluding hydrogens is 400 g/mol. The van der Waals surface area contributed by atoms with Gasteiger partial charge in [-0.25, -0.2) is 4.98 Å². The molecule has 1 amide bonds. The van der Waals surface area contributed by atoms with Gasteiger partial charge in [-0.05, 0) is 43.9 Å². The summed E-state index contributed by atoms with van der Waals surface area (Å²) >= 11 is 0. The average Bonchev–Trinajstić information content (AvgIpc) is 2.72. The Balaban J connectivity index is 0.00000320. The van der Waals surface area contributed by atoms with Gasteiger partial charge in [0.1, 0.15) is 5.82 Å². The van der Waals surface area contributed by atoms with Crippen molar-refractivity contribution in [2.45, 2.75) is 52.0 Å². The Morgan fingerprint density at radius 2 is 2.17 bits per heavy atom. The molecule has 0 bridgehead atoms. The Morgan fingerprint density at radius 3 is 2.90 bits per heavy atom. The number of hydrogen-bond acceptors (Lipinski definition) is 6. The summed E-state index contributed by atoms with van der Waals surface area (Å²) in [7, 11) is 0. The molecule has 1 fully saturated rings. The first-order valence-corrected chi connectivity index (χ1v) is 10.2. The van der Waals surface area contributed by atoms with Crippen molar-refractivity contribution < 1.29 is 4.79 Å². The summed E-state index contributed by atoms with van der Waals surface area (Å²) in [6.45, 7) is 5.37. The quantitative estimate of drug-likeness (QED) is 0.693. The van der Waals surface area contributed by atoms with Crippen LogP contribution in [0.2, 0.25) is 0 Å². The van der Waals surface area contributed by atoms with Gasteiger partial charge in [0.05, 0.1) is 11.6 Å². The van der Waals surface area contributed by atoms with Crippen LogP contribution in [0, 0.1) is 11.3 Å². The second kappa shape index (κ2) is 11.4. The second-order valence-electron chi connectivity index (χ2n) is 7.45. The van der Waals surface area contributed by atoms with Crippen molar-refractivity contribution in [3.05, 3.63) is 41.6 Å². The van der Waals surface area contributed by atoms with E-state index >= 15 is 0 Å². The van der Waals surface area contributed by atoms with E-state index < -0.39 is 0 Å². The maximum absolute atomic E-state index is 11.4. The highest BCUT2D eigenvalue weighted by Gasteiger charge is 2.22. The van der Waals surface area contributed by atoms with Crippen molar-refractivity contribution in [2.75, 3.05) is 23.3 Å². The van der Waals surface area contributed by atoms with Crippen molar-refractivity contribution >= 4 is 35.8 Å². The van der Waals surface area contributed by atoms with Gasteiger partial charge in [0.2, 0.25) is 11.9 Å². The number of unbranched alkanes of at least 4 members (excludes halogenated alkanes) is 1. The Morgan fingerprint density at radius 1 is 1.33 bits per heavy atom. The molecule has 0 saturated carbocycles. The zero-order valence-electron chi connectivity index (χ0n) is 17.5. The van der Waals surface area contributed by atoms with Crippen LogP contribution in [0.25, 0.3) is 0 Å². The molecule has 0 aliphatic carbocycles. The van der Waals surface area contributed by atoms with Gasteiger partial charge in [-0.2, -0.15) is 10.2 Å². The Bertz CT molecular complexity index is 897. The predicted molar refractivity (Wildman–Crippen MR) is 121 cm³/mol. The van der Waals surface area contributed by atoms with E-state index in [1.54, 1.807) is 19.1 Å². The molecule has 0 radical (unpaired) electrons. The first-order chi connectivity index (χ1) is 14.1.